The first-order chi connectivity index (χ1) is 48.2. The molecular weight excluding hydrogens is 1480 g/mol. The van der Waals surface area contributed by atoms with E-state index in [4.69, 9.17) is 104 Å². The Morgan fingerprint density at radius 2 is 0.657 bits per heavy atom. The number of aromatic amines is 3. The SMILES string of the molecule is CCOC(=O)COP(=O)(OC[C@H]1O[C@@H](n2ccc(=O)[nH]c2=O)[C@](C)(Cl)[C@@H]1O)Oc1ccccc1.CCOC(=O)CO[P@@](=O)(OC[C@H]1O[C@@H](n2ccc(=O)[nH]c2=O)[C@](C)(Cl)[C@@H]1O)Oc1ccccc1.CCOC(=O)CO[P@](=O)(OC[C@H]1O[C@@H](n2ccc(=O)[nH]c2=O)[C@](C)(Cl)[C@@H]1O)Oc1ccccc1. The van der Waals surface area contributed by atoms with E-state index in [1.54, 1.807) is 75.4 Å². The van der Waals surface area contributed by atoms with Gasteiger partial charge < -0.3 is 57.3 Å². The van der Waals surface area contributed by atoms with Crippen molar-refractivity contribution in [3.05, 3.63) is 190 Å². The average molecular weight is 1560 g/mol. The fourth-order valence-corrected chi connectivity index (χ4v) is 13.8. The molecular formula is C60H72Cl3N6O30P3. The van der Waals surface area contributed by atoms with Crippen LogP contribution in [-0.2, 0) is 83.6 Å². The first-order valence-electron chi connectivity index (χ1n) is 30.6. The number of carbonyl (C=O) groups is 3. The molecule has 3 aliphatic rings. The molecule has 102 heavy (non-hydrogen) atoms. The van der Waals surface area contributed by atoms with Gasteiger partial charge in [-0.15, -0.1) is 34.8 Å². The normalized spacial score (nSPS) is 26.1. The zero-order valence-electron chi connectivity index (χ0n) is 54.9. The Bertz CT molecular complexity index is 3890. The molecule has 0 saturated carbocycles. The van der Waals surface area contributed by atoms with Crippen molar-refractivity contribution >= 4 is 76.2 Å². The van der Waals surface area contributed by atoms with Crippen LogP contribution in [0.4, 0.5) is 0 Å². The fraction of sp³-hybridized carbons (Fsp3) is 0.450. The summed E-state index contributed by atoms with van der Waals surface area (Å²) in [6.45, 7) is 5.61. The highest BCUT2D eigenvalue weighted by atomic mass is 35.5. The van der Waals surface area contributed by atoms with Crippen LogP contribution >= 0.6 is 58.3 Å². The van der Waals surface area contributed by atoms with Crippen LogP contribution in [0.1, 0.15) is 60.2 Å². The second-order valence-corrected chi connectivity index (χ2v) is 29.3. The Balaban J connectivity index is 0.000000214. The van der Waals surface area contributed by atoms with Crippen LogP contribution in [0, 0.1) is 0 Å². The number of carbonyl (C=O) groups excluding carboxylic acids is 3. The number of benzene rings is 3. The topological polar surface area (TPSA) is 466 Å². The van der Waals surface area contributed by atoms with Crippen molar-refractivity contribution in [2.45, 2.75) is 111 Å². The number of aliphatic hydroxyl groups is 3. The summed E-state index contributed by atoms with van der Waals surface area (Å²) in [6, 6.07) is 27.2. The van der Waals surface area contributed by atoms with E-state index >= 15 is 0 Å². The predicted molar refractivity (Wildman–Crippen MR) is 356 cm³/mol. The van der Waals surface area contributed by atoms with E-state index in [0.717, 1.165) is 31.9 Å². The molecule has 1 unspecified atom stereocenters. The third kappa shape index (κ3) is 22.1. The zero-order valence-corrected chi connectivity index (χ0v) is 59.8. The lowest BCUT2D eigenvalue weighted by Crippen LogP contribution is -2.43. The van der Waals surface area contributed by atoms with Gasteiger partial charge in [-0.1, -0.05) is 54.6 Å². The summed E-state index contributed by atoms with van der Waals surface area (Å²) in [5.74, 6) is -1.93. The average Bonchev–Trinajstić information content (AvgIpc) is 1.63. The van der Waals surface area contributed by atoms with E-state index in [-0.39, 0.29) is 37.1 Å². The van der Waals surface area contributed by atoms with Crippen molar-refractivity contribution in [1.29, 1.82) is 0 Å². The van der Waals surface area contributed by atoms with Crippen molar-refractivity contribution in [2.24, 2.45) is 0 Å². The number of aliphatic hydroxyl groups excluding tert-OH is 3. The van der Waals surface area contributed by atoms with Gasteiger partial charge in [0.15, 0.2) is 38.5 Å². The molecule has 0 spiro atoms. The molecule has 3 aromatic carbocycles. The molecule has 3 aliphatic heterocycles. The number of halogens is 3. The highest BCUT2D eigenvalue weighted by molar-refractivity contribution is 7.49. The minimum atomic E-state index is -4.40. The minimum Gasteiger partial charge on any atom is -0.464 e. The molecule has 0 amide bonds. The molecule has 0 aliphatic carbocycles. The Morgan fingerprint density at radius 3 is 0.873 bits per heavy atom. The van der Waals surface area contributed by atoms with Gasteiger partial charge in [0.1, 0.15) is 68.5 Å². The van der Waals surface area contributed by atoms with Gasteiger partial charge in [0, 0.05) is 36.8 Å². The molecule has 42 heteroatoms. The van der Waals surface area contributed by atoms with E-state index in [2.05, 4.69) is 15.0 Å². The van der Waals surface area contributed by atoms with Crippen LogP contribution in [0.5, 0.6) is 17.2 Å². The molecule has 15 atom stereocenters. The number of H-pyrrole nitrogens is 3. The number of para-hydroxylation sites is 3. The van der Waals surface area contributed by atoms with E-state index < -0.39 is 185 Å². The lowest BCUT2D eigenvalue weighted by molar-refractivity contribution is -0.146. The molecule has 558 valence electrons. The number of hydrogen-bond donors (Lipinski definition) is 6. The zero-order chi connectivity index (χ0) is 74.8. The van der Waals surface area contributed by atoms with Crippen molar-refractivity contribution in [3.8, 4) is 17.2 Å². The molecule has 9 rings (SSSR count). The van der Waals surface area contributed by atoms with Crippen LogP contribution in [0.25, 0.3) is 0 Å². The van der Waals surface area contributed by atoms with Crippen LogP contribution in [0.3, 0.4) is 0 Å². The number of rotatable bonds is 30. The monoisotopic (exact) mass is 1550 g/mol. The maximum Gasteiger partial charge on any atom is 0.530 e. The maximum absolute atomic E-state index is 13.2. The highest BCUT2D eigenvalue weighted by Crippen LogP contribution is 2.54. The standard InChI is InChI=1S/3C20H24ClN2O10P/c3*1-3-29-16(25)12-31-34(28,33-13-7-5-4-6-8-13)30-11-14-17(26)20(2,21)18(32-14)23-10-9-15(24)22-19(23)27/h3*4-10,14,17-18,26H,3,11-12H2,1-2H3,(H,22,24,27)/t14-,17-,18-,20-,34?;14-,17-,18-,20-,34+;14-,17-,18-,20-,34-/m111/s1. The maximum atomic E-state index is 13.2. The van der Waals surface area contributed by atoms with E-state index in [1.807, 2.05) is 0 Å². The van der Waals surface area contributed by atoms with Gasteiger partial charge in [-0.25, -0.2) is 42.5 Å². The molecule has 3 saturated heterocycles. The van der Waals surface area contributed by atoms with Gasteiger partial charge in [-0.05, 0) is 77.9 Å². The number of phosphoric acid groups is 3. The lowest BCUT2D eigenvalue weighted by Gasteiger charge is -2.26. The van der Waals surface area contributed by atoms with E-state index in [0.29, 0.717) is 0 Å². The summed E-state index contributed by atoms with van der Waals surface area (Å²) in [5.41, 5.74) is -4.24. The summed E-state index contributed by atoms with van der Waals surface area (Å²) < 4.78 is 122. The van der Waals surface area contributed by atoms with Gasteiger partial charge >= 0.3 is 58.4 Å². The minimum absolute atomic E-state index is 0.0921. The molecule has 0 bridgehead atoms. The number of phosphoric ester groups is 3. The Labute approximate surface area is 593 Å². The van der Waals surface area contributed by atoms with Crippen LogP contribution in [-0.4, -0.2) is 173 Å². The lowest BCUT2D eigenvalue weighted by atomic mass is 10.0. The molecule has 36 nitrogen and oxygen atoms in total. The van der Waals surface area contributed by atoms with Crippen molar-refractivity contribution < 1.29 is 113 Å². The molecule has 3 aromatic heterocycles. The number of hydrogen-bond acceptors (Lipinski definition) is 30. The summed E-state index contributed by atoms with van der Waals surface area (Å²) >= 11 is 19.4. The molecule has 6 heterocycles. The van der Waals surface area contributed by atoms with Crippen molar-refractivity contribution in [3.63, 3.8) is 0 Å². The van der Waals surface area contributed by atoms with Gasteiger partial charge in [-0.2, -0.15) is 0 Å². The number of esters is 3. The van der Waals surface area contributed by atoms with Gasteiger partial charge in [0.2, 0.25) is 0 Å². The van der Waals surface area contributed by atoms with Crippen molar-refractivity contribution in [1.82, 2.24) is 28.7 Å². The Morgan fingerprint density at radius 1 is 0.422 bits per heavy atom. The van der Waals surface area contributed by atoms with Gasteiger partial charge in [-0.3, -0.25) is 70.2 Å². The Hall–Kier alpha value is -7.41. The number of aromatic nitrogens is 6. The van der Waals surface area contributed by atoms with Gasteiger partial charge in [0.25, 0.3) is 16.7 Å². The first kappa shape index (κ1) is 81.9. The number of alkyl halides is 3. The number of nitrogens with zero attached hydrogens (tertiary/aromatic N) is 3. The molecule has 0 radical (unpaired) electrons. The highest BCUT2D eigenvalue weighted by Gasteiger charge is 2.57. The molecule has 6 aromatic rings. The van der Waals surface area contributed by atoms with E-state index in [9.17, 15) is 72.2 Å². The summed E-state index contributed by atoms with van der Waals surface area (Å²) in [7, 11) is -13.2. The molecule has 6 N–H and O–H groups in total. The number of ether oxygens (including phenoxy) is 6. The van der Waals surface area contributed by atoms with E-state index in [1.165, 1.54) is 75.8 Å². The third-order valence-electron chi connectivity index (χ3n) is 14.5. The Kier molecular flexibility index (Phi) is 29.2. The first-order valence-corrected chi connectivity index (χ1v) is 36.1. The van der Waals surface area contributed by atoms with Crippen molar-refractivity contribution in [2.75, 3.05) is 59.5 Å². The third-order valence-corrected chi connectivity index (χ3v) is 19.7. The molecule has 3 fully saturated rings. The second-order valence-electron chi connectivity index (χ2n) is 22.1. The van der Waals surface area contributed by atoms with Gasteiger partial charge in [0.05, 0.1) is 39.6 Å². The van der Waals surface area contributed by atoms with Crippen LogP contribution in [0.15, 0.2) is 157 Å². The second kappa shape index (κ2) is 36.3. The smallest absolute Gasteiger partial charge is 0.464 e. The van der Waals surface area contributed by atoms with Crippen LogP contribution in [0.2, 0.25) is 0 Å². The predicted octanol–water partition coefficient (Wildman–Crippen LogP) is 4.73. The summed E-state index contributed by atoms with van der Waals surface area (Å²) in [4.78, 5) is 107. The number of nitrogens with one attached hydrogen (secondary N) is 3. The fourth-order valence-electron chi connectivity index (χ4n) is 9.49. The summed E-state index contributed by atoms with van der Waals surface area (Å²) in [5, 5.41) is 32.1. The largest absolute Gasteiger partial charge is 0.530 e. The summed E-state index contributed by atoms with van der Waals surface area (Å²) in [6.07, 6.45) is -7.78. The quantitative estimate of drug-likeness (QED) is 0.0154. The van der Waals surface area contributed by atoms with Crippen LogP contribution < -0.4 is 47.3 Å².